The van der Waals surface area contributed by atoms with Gasteiger partial charge in [-0.2, -0.15) is 0 Å². The zero-order valence-corrected chi connectivity index (χ0v) is 8.89. The summed E-state index contributed by atoms with van der Waals surface area (Å²) in [6.45, 7) is 8.02. The molecule has 0 aromatic carbocycles. The summed E-state index contributed by atoms with van der Waals surface area (Å²) in [7, 11) is 0. The molecule has 0 amide bonds. The van der Waals surface area contributed by atoms with Gasteiger partial charge in [-0.25, -0.2) is 0 Å². The van der Waals surface area contributed by atoms with Crippen molar-refractivity contribution in [3.8, 4) is 0 Å². The summed E-state index contributed by atoms with van der Waals surface area (Å²) in [6.07, 6.45) is 2.23. The van der Waals surface area contributed by atoms with Gasteiger partial charge in [0.15, 0.2) is 0 Å². The van der Waals surface area contributed by atoms with Gasteiger partial charge < -0.3 is 15.2 Å². The Labute approximate surface area is 80.5 Å². The minimum absolute atomic E-state index is 0.0538. The van der Waals surface area contributed by atoms with E-state index < -0.39 is 5.60 Å². The standard InChI is InChI=1S/C10H21NO2/c1-9(2,12)7-11-10(3)5-4-6-13-8-10/h11-12H,4-8H2,1-3H3. The van der Waals surface area contributed by atoms with Crippen LogP contribution >= 0.6 is 0 Å². The molecule has 0 aromatic heterocycles. The molecule has 1 unspecified atom stereocenters. The van der Waals surface area contributed by atoms with Crippen molar-refractivity contribution in [2.45, 2.75) is 44.8 Å². The van der Waals surface area contributed by atoms with Crippen LogP contribution in [0.25, 0.3) is 0 Å². The molecular weight excluding hydrogens is 166 g/mol. The molecule has 0 aromatic rings. The highest BCUT2D eigenvalue weighted by atomic mass is 16.5. The Bertz CT molecular complexity index is 157. The average Bonchev–Trinajstić information content (AvgIpc) is 2.02. The van der Waals surface area contributed by atoms with Crippen molar-refractivity contribution >= 4 is 0 Å². The van der Waals surface area contributed by atoms with Crippen LogP contribution < -0.4 is 5.32 Å². The van der Waals surface area contributed by atoms with Crippen LogP contribution in [0.5, 0.6) is 0 Å². The first-order valence-corrected chi connectivity index (χ1v) is 4.97. The third kappa shape index (κ3) is 4.07. The Morgan fingerprint density at radius 2 is 2.23 bits per heavy atom. The Balaban J connectivity index is 2.33. The number of hydrogen-bond donors (Lipinski definition) is 2. The van der Waals surface area contributed by atoms with E-state index in [4.69, 9.17) is 4.74 Å². The van der Waals surface area contributed by atoms with Gasteiger partial charge in [-0.05, 0) is 33.6 Å². The third-order valence-corrected chi connectivity index (χ3v) is 2.39. The fourth-order valence-electron chi connectivity index (χ4n) is 1.50. The number of β-amino-alcohol motifs (C(OH)–C–C–N with tert-alkyl or cyclic N) is 1. The molecule has 1 fully saturated rings. The smallest absolute Gasteiger partial charge is 0.0715 e. The molecule has 3 heteroatoms. The summed E-state index contributed by atoms with van der Waals surface area (Å²) in [5.74, 6) is 0. The maximum atomic E-state index is 9.56. The van der Waals surface area contributed by atoms with E-state index in [1.54, 1.807) is 0 Å². The van der Waals surface area contributed by atoms with E-state index in [0.717, 1.165) is 26.1 Å². The molecule has 1 aliphatic heterocycles. The van der Waals surface area contributed by atoms with Gasteiger partial charge in [-0.15, -0.1) is 0 Å². The molecule has 78 valence electrons. The van der Waals surface area contributed by atoms with Crippen molar-refractivity contribution in [1.29, 1.82) is 0 Å². The number of ether oxygens (including phenoxy) is 1. The van der Waals surface area contributed by atoms with E-state index in [9.17, 15) is 5.11 Å². The second-order valence-corrected chi connectivity index (χ2v) is 4.88. The van der Waals surface area contributed by atoms with Crippen LogP contribution in [-0.2, 0) is 4.74 Å². The van der Waals surface area contributed by atoms with E-state index in [0.29, 0.717) is 6.54 Å². The summed E-state index contributed by atoms with van der Waals surface area (Å²) in [6, 6.07) is 0. The van der Waals surface area contributed by atoms with Crippen LogP contribution in [-0.4, -0.2) is 36.0 Å². The van der Waals surface area contributed by atoms with Crippen molar-refractivity contribution in [3.63, 3.8) is 0 Å². The van der Waals surface area contributed by atoms with Gasteiger partial charge in [0, 0.05) is 18.7 Å². The molecule has 0 saturated carbocycles. The monoisotopic (exact) mass is 187 g/mol. The van der Waals surface area contributed by atoms with Crippen molar-refractivity contribution in [3.05, 3.63) is 0 Å². The number of rotatable bonds is 3. The summed E-state index contributed by atoms with van der Waals surface area (Å²) in [5.41, 5.74) is -0.585. The predicted molar refractivity (Wildman–Crippen MR) is 52.8 cm³/mol. The largest absolute Gasteiger partial charge is 0.389 e. The highest BCUT2D eigenvalue weighted by Gasteiger charge is 2.28. The van der Waals surface area contributed by atoms with Gasteiger partial charge in [0.2, 0.25) is 0 Å². The first-order chi connectivity index (χ1) is 5.91. The molecule has 0 aliphatic carbocycles. The second-order valence-electron chi connectivity index (χ2n) is 4.88. The van der Waals surface area contributed by atoms with Crippen molar-refractivity contribution in [2.75, 3.05) is 19.8 Å². The average molecular weight is 187 g/mol. The van der Waals surface area contributed by atoms with Crippen molar-refractivity contribution in [2.24, 2.45) is 0 Å². The van der Waals surface area contributed by atoms with Gasteiger partial charge in [0.25, 0.3) is 0 Å². The number of aliphatic hydroxyl groups is 1. The van der Waals surface area contributed by atoms with Gasteiger partial charge in [-0.3, -0.25) is 0 Å². The zero-order chi connectivity index (χ0) is 9.95. The molecule has 0 radical (unpaired) electrons. The minimum Gasteiger partial charge on any atom is -0.389 e. The fourth-order valence-corrected chi connectivity index (χ4v) is 1.50. The van der Waals surface area contributed by atoms with E-state index in [1.807, 2.05) is 13.8 Å². The van der Waals surface area contributed by atoms with Crippen LogP contribution in [0.15, 0.2) is 0 Å². The maximum absolute atomic E-state index is 9.56. The van der Waals surface area contributed by atoms with Crippen LogP contribution in [0.2, 0.25) is 0 Å². The van der Waals surface area contributed by atoms with Crippen LogP contribution in [0.1, 0.15) is 33.6 Å². The number of nitrogens with one attached hydrogen (secondary N) is 1. The molecule has 2 N–H and O–H groups in total. The number of hydrogen-bond acceptors (Lipinski definition) is 3. The Hall–Kier alpha value is -0.120. The third-order valence-electron chi connectivity index (χ3n) is 2.39. The van der Waals surface area contributed by atoms with E-state index >= 15 is 0 Å². The van der Waals surface area contributed by atoms with E-state index in [2.05, 4.69) is 12.2 Å². The molecule has 1 rings (SSSR count). The maximum Gasteiger partial charge on any atom is 0.0715 e. The normalized spacial score (nSPS) is 30.5. The van der Waals surface area contributed by atoms with E-state index in [1.165, 1.54) is 0 Å². The van der Waals surface area contributed by atoms with Crippen LogP contribution in [0, 0.1) is 0 Å². The molecule has 1 aliphatic rings. The van der Waals surface area contributed by atoms with Crippen LogP contribution in [0.4, 0.5) is 0 Å². The molecule has 1 atom stereocenters. The lowest BCUT2D eigenvalue weighted by Crippen LogP contribution is -2.53. The zero-order valence-electron chi connectivity index (χ0n) is 8.89. The summed E-state index contributed by atoms with van der Waals surface area (Å²) in [4.78, 5) is 0. The van der Waals surface area contributed by atoms with Gasteiger partial charge >= 0.3 is 0 Å². The highest BCUT2D eigenvalue weighted by molar-refractivity contribution is 4.87. The molecule has 3 nitrogen and oxygen atoms in total. The SMILES string of the molecule is CC(C)(O)CNC1(C)CCCOC1. The lowest BCUT2D eigenvalue weighted by molar-refractivity contribution is 0.0101. The van der Waals surface area contributed by atoms with Crippen molar-refractivity contribution < 1.29 is 9.84 Å². The quantitative estimate of drug-likeness (QED) is 0.690. The second kappa shape index (κ2) is 3.95. The topological polar surface area (TPSA) is 41.5 Å². The summed E-state index contributed by atoms with van der Waals surface area (Å²) >= 11 is 0. The summed E-state index contributed by atoms with van der Waals surface area (Å²) in [5, 5.41) is 12.9. The summed E-state index contributed by atoms with van der Waals surface area (Å²) < 4.78 is 5.41. The molecule has 1 saturated heterocycles. The Morgan fingerprint density at radius 3 is 2.69 bits per heavy atom. The molecular formula is C10H21NO2. The van der Waals surface area contributed by atoms with Crippen LogP contribution in [0.3, 0.4) is 0 Å². The molecule has 1 heterocycles. The van der Waals surface area contributed by atoms with Crippen molar-refractivity contribution in [1.82, 2.24) is 5.32 Å². The first kappa shape index (κ1) is 11.0. The molecule has 13 heavy (non-hydrogen) atoms. The first-order valence-electron chi connectivity index (χ1n) is 4.97. The van der Waals surface area contributed by atoms with Gasteiger partial charge in [0.1, 0.15) is 0 Å². The molecule has 0 spiro atoms. The molecule has 0 bridgehead atoms. The fraction of sp³-hybridized carbons (Fsp3) is 1.00. The lowest BCUT2D eigenvalue weighted by Gasteiger charge is -2.36. The van der Waals surface area contributed by atoms with Gasteiger partial charge in [0.05, 0.1) is 12.2 Å². The Kier molecular flexibility index (Phi) is 3.33. The highest BCUT2D eigenvalue weighted by Crippen LogP contribution is 2.18. The lowest BCUT2D eigenvalue weighted by atomic mass is 9.94. The van der Waals surface area contributed by atoms with E-state index in [-0.39, 0.29) is 5.54 Å². The Morgan fingerprint density at radius 1 is 1.54 bits per heavy atom. The predicted octanol–water partition coefficient (Wildman–Crippen LogP) is 0.916. The van der Waals surface area contributed by atoms with Gasteiger partial charge in [-0.1, -0.05) is 0 Å². The minimum atomic E-state index is -0.638.